The number of primary sulfonamides is 1. The molecule has 0 radical (unpaired) electrons. The molecular formula is C12H17ClN2O3S. The smallest absolute Gasteiger partial charge is 0.251 e. The molecule has 1 amide bonds. The van der Waals surface area contributed by atoms with Crippen molar-refractivity contribution in [3.63, 3.8) is 0 Å². The van der Waals surface area contributed by atoms with Crippen molar-refractivity contribution >= 4 is 27.5 Å². The maximum absolute atomic E-state index is 11.8. The zero-order valence-electron chi connectivity index (χ0n) is 10.6. The monoisotopic (exact) mass is 304 g/mol. The number of hydrogen-bond acceptors (Lipinski definition) is 3. The topological polar surface area (TPSA) is 89.3 Å². The van der Waals surface area contributed by atoms with Gasteiger partial charge < -0.3 is 5.32 Å². The van der Waals surface area contributed by atoms with Crippen LogP contribution in [0, 0.1) is 0 Å². The molecule has 7 heteroatoms. The minimum absolute atomic E-state index is 0.00466. The van der Waals surface area contributed by atoms with Crippen LogP contribution in [0.1, 0.15) is 36.5 Å². The van der Waals surface area contributed by atoms with E-state index in [-0.39, 0.29) is 21.4 Å². The first-order valence-corrected chi connectivity index (χ1v) is 7.89. The first kappa shape index (κ1) is 15.9. The Morgan fingerprint density at radius 2 is 2.05 bits per heavy atom. The summed E-state index contributed by atoms with van der Waals surface area (Å²) in [6.07, 6.45) is 2.98. The van der Waals surface area contributed by atoms with Crippen LogP contribution in [0.3, 0.4) is 0 Å². The van der Waals surface area contributed by atoms with Gasteiger partial charge in [-0.2, -0.15) is 0 Å². The first-order valence-electron chi connectivity index (χ1n) is 5.96. The quantitative estimate of drug-likeness (QED) is 0.787. The standard InChI is InChI=1S/C12H17ClN2O3S/c1-2-3-4-7-15-12(16)9-5-6-10(13)11(8-9)19(14,17)18/h5-6,8H,2-4,7H2,1H3,(H,15,16)(H2,14,17,18). The van der Waals surface area contributed by atoms with E-state index in [1.54, 1.807) is 0 Å². The highest BCUT2D eigenvalue weighted by Gasteiger charge is 2.16. The van der Waals surface area contributed by atoms with Gasteiger partial charge in [0.1, 0.15) is 4.90 Å². The molecule has 0 aliphatic carbocycles. The lowest BCUT2D eigenvalue weighted by atomic mass is 10.2. The number of nitrogens with one attached hydrogen (secondary N) is 1. The average Bonchev–Trinajstić information content (AvgIpc) is 2.33. The summed E-state index contributed by atoms with van der Waals surface area (Å²) in [6, 6.07) is 4.00. The van der Waals surface area contributed by atoms with Crippen molar-refractivity contribution in [3.8, 4) is 0 Å². The summed E-state index contributed by atoms with van der Waals surface area (Å²) in [5.74, 6) is -0.335. The molecule has 0 atom stereocenters. The third-order valence-corrected chi connectivity index (χ3v) is 3.96. The summed E-state index contributed by atoms with van der Waals surface area (Å²) >= 11 is 5.74. The third kappa shape index (κ3) is 4.81. The largest absolute Gasteiger partial charge is 0.352 e. The van der Waals surface area contributed by atoms with Crippen LogP contribution in [0.25, 0.3) is 0 Å². The fraction of sp³-hybridized carbons (Fsp3) is 0.417. The predicted octanol–water partition coefficient (Wildman–Crippen LogP) is 1.91. The van der Waals surface area contributed by atoms with Gasteiger partial charge in [-0.05, 0) is 24.6 Å². The van der Waals surface area contributed by atoms with Gasteiger partial charge in [0.15, 0.2) is 0 Å². The fourth-order valence-corrected chi connectivity index (χ4v) is 2.61. The van der Waals surface area contributed by atoms with E-state index in [2.05, 4.69) is 12.2 Å². The Kier molecular flexibility index (Phi) is 5.78. The SMILES string of the molecule is CCCCCNC(=O)c1ccc(Cl)c(S(N)(=O)=O)c1. The van der Waals surface area contributed by atoms with E-state index in [1.165, 1.54) is 18.2 Å². The Morgan fingerprint density at radius 3 is 2.63 bits per heavy atom. The molecule has 0 bridgehead atoms. The molecule has 1 aromatic carbocycles. The minimum atomic E-state index is -3.93. The molecule has 0 saturated carbocycles. The molecule has 0 aromatic heterocycles. The van der Waals surface area contributed by atoms with Crippen molar-refractivity contribution < 1.29 is 13.2 Å². The summed E-state index contributed by atoms with van der Waals surface area (Å²) in [5.41, 5.74) is 0.227. The predicted molar refractivity (Wildman–Crippen MR) is 74.7 cm³/mol. The van der Waals surface area contributed by atoms with Crippen molar-refractivity contribution in [3.05, 3.63) is 28.8 Å². The Labute approximate surface area is 118 Å². The molecule has 0 fully saturated rings. The van der Waals surface area contributed by atoms with Gasteiger partial charge in [0.05, 0.1) is 5.02 Å². The molecule has 106 valence electrons. The minimum Gasteiger partial charge on any atom is -0.352 e. The summed E-state index contributed by atoms with van der Waals surface area (Å²) in [6.45, 7) is 2.62. The molecule has 1 rings (SSSR count). The Bertz CT molecular complexity index is 558. The Morgan fingerprint density at radius 1 is 1.37 bits per heavy atom. The average molecular weight is 305 g/mol. The molecule has 0 aliphatic rings. The summed E-state index contributed by atoms with van der Waals surface area (Å²) in [7, 11) is -3.93. The maximum atomic E-state index is 11.8. The third-order valence-electron chi connectivity index (χ3n) is 2.57. The Hall–Kier alpha value is -1.11. The van der Waals surface area contributed by atoms with Crippen LogP contribution in [-0.4, -0.2) is 20.9 Å². The second-order valence-corrected chi connectivity index (χ2v) is 6.09. The lowest BCUT2D eigenvalue weighted by Gasteiger charge is -2.07. The maximum Gasteiger partial charge on any atom is 0.251 e. The highest BCUT2D eigenvalue weighted by Crippen LogP contribution is 2.21. The van der Waals surface area contributed by atoms with E-state index in [0.717, 1.165) is 19.3 Å². The zero-order chi connectivity index (χ0) is 14.5. The van der Waals surface area contributed by atoms with Crippen molar-refractivity contribution in [2.24, 2.45) is 5.14 Å². The molecule has 0 spiro atoms. The van der Waals surface area contributed by atoms with Crippen molar-refractivity contribution in [2.75, 3.05) is 6.54 Å². The van der Waals surface area contributed by atoms with E-state index >= 15 is 0 Å². The molecule has 3 N–H and O–H groups in total. The second kappa shape index (κ2) is 6.88. The van der Waals surface area contributed by atoms with E-state index in [4.69, 9.17) is 16.7 Å². The van der Waals surface area contributed by atoms with Crippen LogP contribution in [-0.2, 0) is 10.0 Å². The van der Waals surface area contributed by atoms with Crippen LogP contribution >= 0.6 is 11.6 Å². The second-order valence-electron chi connectivity index (χ2n) is 4.15. The van der Waals surface area contributed by atoms with Gasteiger partial charge in [0.25, 0.3) is 5.91 Å². The number of rotatable bonds is 6. The zero-order valence-corrected chi connectivity index (χ0v) is 12.2. The lowest BCUT2D eigenvalue weighted by Crippen LogP contribution is -2.25. The van der Waals surface area contributed by atoms with Gasteiger partial charge in [-0.1, -0.05) is 31.4 Å². The molecule has 0 unspecified atom stereocenters. The molecule has 19 heavy (non-hydrogen) atoms. The number of halogens is 1. The number of carbonyl (C=O) groups excluding carboxylic acids is 1. The van der Waals surface area contributed by atoms with E-state index in [1.807, 2.05) is 0 Å². The molecule has 0 saturated heterocycles. The first-order chi connectivity index (χ1) is 8.86. The number of nitrogens with two attached hydrogens (primary N) is 1. The van der Waals surface area contributed by atoms with Gasteiger partial charge >= 0.3 is 0 Å². The van der Waals surface area contributed by atoms with Crippen LogP contribution in [0.15, 0.2) is 23.1 Å². The number of carbonyl (C=O) groups is 1. The van der Waals surface area contributed by atoms with Gasteiger partial charge in [-0.3, -0.25) is 4.79 Å². The highest BCUT2D eigenvalue weighted by molar-refractivity contribution is 7.89. The van der Waals surface area contributed by atoms with Crippen LogP contribution in [0.2, 0.25) is 5.02 Å². The van der Waals surface area contributed by atoms with Crippen LogP contribution < -0.4 is 10.5 Å². The van der Waals surface area contributed by atoms with Crippen molar-refractivity contribution in [1.82, 2.24) is 5.32 Å². The number of unbranched alkanes of at least 4 members (excludes halogenated alkanes) is 2. The van der Waals surface area contributed by atoms with E-state index < -0.39 is 10.0 Å². The number of hydrogen-bond donors (Lipinski definition) is 2. The molecule has 5 nitrogen and oxygen atoms in total. The normalized spacial score (nSPS) is 11.3. The summed E-state index contributed by atoms with van der Waals surface area (Å²) in [4.78, 5) is 11.6. The van der Waals surface area contributed by atoms with Gasteiger partial charge in [-0.25, -0.2) is 13.6 Å². The number of benzene rings is 1. The molecule has 0 heterocycles. The molecule has 0 aliphatic heterocycles. The van der Waals surface area contributed by atoms with Gasteiger partial charge in [-0.15, -0.1) is 0 Å². The fourth-order valence-electron chi connectivity index (χ4n) is 1.54. The van der Waals surface area contributed by atoms with Crippen LogP contribution in [0.4, 0.5) is 0 Å². The lowest BCUT2D eigenvalue weighted by molar-refractivity contribution is 0.0953. The van der Waals surface area contributed by atoms with Gasteiger partial charge in [0.2, 0.25) is 10.0 Å². The van der Waals surface area contributed by atoms with Gasteiger partial charge in [0, 0.05) is 12.1 Å². The summed E-state index contributed by atoms with van der Waals surface area (Å²) < 4.78 is 22.6. The van der Waals surface area contributed by atoms with Crippen LogP contribution in [0.5, 0.6) is 0 Å². The van der Waals surface area contributed by atoms with Crippen molar-refractivity contribution in [1.29, 1.82) is 0 Å². The summed E-state index contributed by atoms with van der Waals surface area (Å²) in [5, 5.41) is 7.74. The van der Waals surface area contributed by atoms with E-state index in [9.17, 15) is 13.2 Å². The molecule has 1 aromatic rings. The van der Waals surface area contributed by atoms with E-state index in [0.29, 0.717) is 6.54 Å². The molecular weight excluding hydrogens is 288 g/mol. The van der Waals surface area contributed by atoms with Crippen molar-refractivity contribution in [2.45, 2.75) is 31.1 Å². The number of sulfonamides is 1. The highest BCUT2D eigenvalue weighted by atomic mass is 35.5. The number of amides is 1. The Balaban J connectivity index is 2.82.